The van der Waals surface area contributed by atoms with E-state index >= 15 is 0 Å². The van der Waals surface area contributed by atoms with E-state index in [1.807, 2.05) is 0 Å². The van der Waals surface area contributed by atoms with E-state index in [2.05, 4.69) is 5.32 Å². The average Bonchev–Trinajstić information content (AvgIpc) is 3.15. The van der Waals surface area contributed by atoms with Crippen LogP contribution in [0.1, 0.15) is 48.9 Å². The Kier molecular flexibility index (Phi) is 5.69. The van der Waals surface area contributed by atoms with Crippen LogP contribution in [0, 0.1) is 10.1 Å². The molecular formula is C18H25N3O5S. The van der Waals surface area contributed by atoms with Gasteiger partial charge in [0.1, 0.15) is 15.4 Å². The number of nitro groups is 1. The van der Waals surface area contributed by atoms with E-state index in [1.54, 1.807) is 11.0 Å². The summed E-state index contributed by atoms with van der Waals surface area (Å²) in [6.07, 6.45) is 5.89. The van der Waals surface area contributed by atoms with Gasteiger partial charge in [-0.3, -0.25) is 14.9 Å². The fourth-order valence-electron chi connectivity index (χ4n) is 3.95. The predicted molar refractivity (Wildman–Crippen MR) is 103 cm³/mol. The van der Waals surface area contributed by atoms with Crippen LogP contribution in [0.5, 0.6) is 0 Å². The molecule has 2 atom stereocenters. The molecular weight excluding hydrogens is 370 g/mol. The first kappa shape index (κ1) is 19.6. The number of rotatable bonds is 5. The Morgan fingerprint density at radius 3 is 2.56 bits per heavy atom. The highest BCUT2D eigenvalue weighted by Crippen LogP contribution is 2.29. The van der Waals surface area contributed by atoms with Crippen molar-refractivity contribution in [2.24, 2.45) is 0 Å². The molecule has 2 unspecified atom stereocenters. The molecule has 2 aliphatic rings. The zero-order valence-corrected chi connectivity index (χ0v) is 16.2. The molecule has 1 aliphatic heterocycles. The Bertz CT molecular complexity index is 833. The van der Waals surface area contributed by atoms with E-state index < -0.39 is 14.8 Å². The monoisotopic (exact) mass is 395 g/mol. The topological polar surface area (TPSA) is 110 Å². The Morgan fingerprint density at radius 1 is 1.22 bits per heavy atom. The maximum absolute atomic E-state index is 12.7. The maximum Gasteiger partial charge on any atom is 0.282 e. The fourth-order valence-corrected chi connectivity index (χ4v) is 5.12. The second-order valence-corrected chi connectivity index (χ2v) is 9.77. The number of sulfone groups is 1. The van der Waals surface area contributed by atoms with Crippen molar-refractivity contribution in [1.29, 1.82) is 0 Å². The van der Waals surface area contributed by atoms with Crippen LogP contribution in [-0.4, -0.2) is 54.8 Å². The summed E-state index contributed by atoms with van der Waals surface area (Å²) in [5.41, 5.74) is 0.500. The van der Waals surface area contributed by atoms with E-state index in [-0.39, 0.29) is 28.4 Å². The molecule has 8 nitrogen and oxygen atoms in total. The molecule has 1 saturated carbocycles. The summed E-state index contributed by atoms with van der Waals surface area (Å²) in [7, 11) is -3.09. The van der Waals surface area contributed by atoms with Crippen LogP contribution in [0.4, 0.5) is 11.4 Å². The van der Waals surface area contributed by atoms with Gasteiger partial charge in [-0.05, 0) is 44.2 Å². The quantitative estimate of drug-likeness (QED) is 0.606. The minimum absolute atomic E-state index is 0.0327. The van der Waals surface area contributed by atoms with Crippen LogP contribution in [0.15, 0.2) is 18.2 Å². The molecule has 27 heavy (non-hydrogen) atoms. The molecule has 1 amide bonds. The van der Waals surface area contributed by atoms with Gasteiger partial charge in [-0.15, -0.1) is 0 Å². The van der Waals surface area contributed by atoms with Gasteiger partial charge in [-0.1, -0.05) is 6.42 Å². The van der Waals surface area contributed by atoms with Crippen molar-refractivity contribution in [3.63, 3.8) is 0 Å². The lowest BCUT2D eigenvalue weighted by atomic mass is 9.94. The molecule has 1 heterocycles. The number of benzene rings is 1. The first-order chi connectivity index (χ1) is 12.8. The van der Waals surface area contributed by atoms with Crippen molar-refractivity contribution in [3.05, 3.63) is 33.9 Å². The molecule has 0 radical (unpaired) electrons. The highest BCUT2D eigenvalue weighted by molar-refractivity contribution is 7.91. The largest absolute Gasteiger partial charge is 0.382 e. The molecule has 0 bridgehead atoms. The molecule has 3 rings (SSSR count). The van der Waals surface area contributed by atoms with Gasteiger partial charge in [0, 0.05) is 37.1 Å². The molecule has 1 aromatic rings. The average molecular weight is 395 g/mol. The van der Waals surface area contributed by atoms with E-state index in [9.17, 15) is 23.3 Å². The first-order valence-corrected chi connectivity index (χ1v) is 11.2. The molecule has 1 aromatic carbocycles. The van der Waals surface area contributed by atoms with Crippen molar-refractivity contribution in [2.75, 3.05) is 24.7 Å². The van der Waals surface area contributed by atoms with Crippen molar-refractivity contribution >= 4 is 27.1 Å². The fraction of sp³-hybridized carbons (Fsp3) is 0.611. The lowest BCUT2D eigenvalue weighted by Gasteiger charge is -2.29. The Hall–Kier alpha value is -2.16. The molecule has 0 aromatic heterocycles. The Balaban J connectivity index is 1.81. The zero-order valence-electron chi connectivity index (χ0n) is 15.4. The summed E-state index contributed by atoms with van der Waals surface area (Å²) in [6.45, 7) is 1.23. The summed E-state index contributed by atoms with van der Waals surface area (Å²) in [5.74, 6) is -0.319. The summed E-state index contributed by atoms with van der Waals surface area (Å²) < 4.78 is 23.7. The summed E-state index contributed by atoms with van der Waals surface area (Å²) in [4.78, 5) is 25.2. The maximum atomic E-state index is 12.7. The van der Waals surface area contributed by atoms with Crippen molar-refractivity contribution < 1.29 is 18.1 Å². The van der Waals surface area contributed by atoms with Crippen LogP contribution in [0.2, 0.25) is 0 Å². The highest BCUT2D eigenvalue weighted by atomic mass is 32.2. The smallest absolute Gasteiger partial charge is 0.282 e. The molecule has 148 valence electrons. The minimum atomic E-state index is -3.09. The summed E-state index contributed by atoms with van der Waals surface area (Å²) in [5, 5.41) is 14.3. The number of nitrogens with zero attached hydrogens (tertiary/aromatic N) is 2. The van der Waals surface area contributed by atoms with Gasteiger partial charge in [0.15, 0.2) is 0 Å². The van der Waals surface area contributed by atoms with Gasteiger partial charge in [0.2, 0.25) is 0 Å². The molecule has 2 fully saturated rings. The number of amides is 1. The van der Waals surface area contributed by atoms with Crippen LogP contribution in [-0.2, 0) is 9.84 Å². The van der Waals surface area contributed by atoms with Gasteiger partial charge < -0.3 is 10.2 Å². The lowest BCUT2D eigenvalue weighted by Crippen LogP contribution is -2.34. The number of hydrogen-bond acceptors (Lipinski definition) is 6. The first-order valence-electron chi connectivity index (χ1n) is 9.29. The normalized spacial score (nSPS) is 23.2. The number of hydrogen-bond donors (Lipinski definition) is 1. The van der Waals surface area contributed by atoms with E-state index in [1.165, 1.54) is 18.4 Å². The molecule has 1 N–H and O–H groups in total. The van der Waals surface area contributed by atoms with Crippen molar-refractivity contribution in [1.82, 2.24) is 4.90 Å². The van der Waals surface area contributed by atoms with Crippen LogP contribution >= 0.6 is 0 Å². The third-order valence-corrected chi connectivity index (χ3v) is 7.06. The minimum Gasteiger partial charge on any atom is -0.382 e. The second kappa shape index (κ2) is 7.84. The van der Waals surface area contributed by atoms with Crippen LogP contribution in [0.3, 0.4) is 0 Å². The number of nitrogens with one attached hydrogen (secondary N) is 1. The highest BCUT2D eigenvalue weighted by Gasteiger charge is 2.30. The van der Waals surface area contributed by atoms with Gasteiger partial charge in [-0.25, -0.2) is 8.42 Å². The number of nitro benzene ring substituents is 1. The van der Waals surface area contributed by atoms with Crippen molar-refractivity contribution in [3.8, 4) is 0 Å². The third kappa shape index (κ3) is 4.58. The lowest BCUT2D eigenvalue weighted by molar-refractivity contribution is -0.385. The van der Waals surface area contributed by atoms with E-state index in [0.29, 0.717) is 31.6 Å². The SMILES string of the molecule is CS(=O)(=O)C1CCCC(Nc2ccc([N+](=O)[O-])c(C(=O)N3CCCC3)c2)C1. The summed E-state index contributed by atoms with van der Waals surface area (Å²) in [6, 6.07) is 4.43. The molecule has 1 saturated heterocycles. The number of anilines is 1. The summed E-state index contributed by atoms with van der Waals surface area (Å²) >= 11 is 0. The van der Waals surface area contributed by atoms with Gasteiger partial charge in [-0.2, -0.15) is 0 Å². The molecule has 0 spiro atoms. The third-order valence-electron chi connectivity index (χ3n) is 5.42. The number of carbonyl (C=O) groups is 1. The van der Waals surface area contributed by atoms with Gasteiger partial charge in [0.25, 0.3) is 11.6 Å². The molecule has 9 heteroatoms. The Morgan fingerprint density at radius 2 is 1.93 bits per heavy atom. The molecule has 1 aliphatic carbocycles. The zero-order chi connectivity index (χ0) is 19.6. The van der Waals surface area contributed by atoms with Crippen molar-refractivity contribution in [2.45, 2.75) is 49.8 Å². The second-order valence-electron chi connectivity index (χ2n) is 7.45. The number of carbonyl (C=O) groups excluding carboxylic acids is 1. The van der Waals surface area contributed by atoms with Crippen LogP contribution in [0.25, 0.3) is 0 Å². The number of likely N-dealkylation sites (tertiary alicyclic amines) is 1. The predicted octanol–water partition coefficient (Wildman–Crippen LogP) is 2.60. The Labute approximate surface area is 159 Å². The van der Waals surface area contributed by atoms with Gasteiger partial charge in [0.05, 0.1) is 10.2 Å². The van der Waals surface area contributed by atoms with E-state index in [0.717, 1.165) is 25.7 Å². The van der Waals surface area contributed by atoms with E-state index in [4.69, 9.17) is 0 Å². The standard InChI is InChI=1S/C18H25N3O5S/c1-27(25,26)15-6-4-5-13(11-15)19-14-7-8-17(21(23)24)16(12-14)18(22)20-9-2-3-10-20/h7-8,12-13,15,19H,2-6,9-11H2,1H3. The van der Waals surface area contributed by atoms with Gasteiger partial charge >= 0.3 is 0 Å². The van der Waals surface area contributed by atoms with Crippen LogP contribution < -0.4 is 5.32 Å².